The number of nitrogens with two attached hydrogens (primary N) is 1. The maximum absolute atomic E-state index is 14.0. The predicted molar refractivity (Wildman–Crippen MR) is 123 cm³/mol. The normalized spacial score (nSPS) is 11.3. The van der Waals surface area contributed by atoms with Gasteiger partial charge >= 0.3 is 12.2 Å². The Hall–Kier alpha value is -4.54. The van der Waals surface area contributed by atoms with Gasteiger partial charge in [0.25, 0.3) is 5.91 Å². The second-order valence-corrected chi connectivity index (χ2v) is 7.47. The van der Waals surface area contributed by atoms with Crippen LogP contribution in [0.4, 0.5) is 33.7 Å². The maximum atomic E-state index is 14.0. The van der Waals surface area contributed by atoms with Crippen molar-refractivity contribution in [2.75, 3.05) is 17.7 Å². The molecule has 0 aliphatic rings. The van der Waals surface area contributed by atoms with Crippen molar-refractivity contribution in [3.05, 3.63) is 77.7 Å². The molecule has 1 heterocycles. The van der Waals surface area contributed by atoms with Gasteiger partial charge in [-0.3, -0.25) is 4.79 Å². The molecule has 0 spiro atoms. The standard InChI is InChI=1S/C24H18F4N4O3/c1-35-18-4-2-3-17-20(18)19(21(31-17)22(29)33)12-5-8-14(9-6-12)30-23(34)32-16-10-7-13(11-15(16)25)24(26,27)28/h2-11,31H,1H3,(H2,29,33)(H2,30,32,34). The van der Waals surface area contributed by atoms with Gasteiger partial charge in [-0.25, -0.2) is 9.18 Å². The number of hydrogen-bond donors (Lipinski definition) is 4. The Kier molecular flexibility index (Phi) is 6.08. The van der Waals surface area contributed by atoms with Crippen molar-refractivity contribution in [3.8, 4) is 16.9 Å². The van der Waals surface area contributed by atoms with Gasteiger partial charge in [0.05, 0.1) is 29.3 Å². The minimum atomic E-state index is -4.70. The van der Waals surface area contributed by atoms with E-state index in [1.54, 1.807) is 30.3 Å². The smallest absolute Gasteiger partial charge is 0.416 e. The Morgan fingerprint density at radius 1 is 1.00 bits per heavy atom. The molecule has 3 amide bonds. The summed E-state index contributed by atoms with van der Waals surface area (Å²) in [5.41, 5.74) is 6.24. The molecule has 0 saturated heterocycles. The molecule has 0 fully saturated rings. The summed E-state index contributed by atoms with van der Waals surface area (Å²) in [4.78, 5) is 27.3. The molecule has 0 radical (unpaired) electrons. The Labute approximate surface area is 195 Å². The number of carbonyl (C=O) groups excluding carboxylic acids is 2. The van der Waals surface area contributed by atoms with Crippen LogP contribution in [0, 0.1) is 5.82 Å². The lowest BCUT2D eigenvalue weighted by Crippen LogP contribution is -2.20. The van der Waals surface area contributed by atoms with Crippen molar-refractivity contribution in [2.45, 2.75) is 6.18 Å². The molecule has 0 bridgehead atoms. The molecule has 180 valence electrons. The average molecular weight is 486 g/mol. The van der Waals surface area contributed by atoms with Crippen LogP contribution in [0.5, 0.6) is 5.75 Å². The zero-order chi connectivity index (χ0) is 25.3. The van der Waals surface area contributed by atoms with Gasteiger partial charge in [0.2, 0.25) is 0 Å². The van der Waals surface area contributed by atoms with E-state index in [-0.39, 0.29) is 5.69 Å². The number of H-pyrrole nitrogens is 1. The van der Waals surface area contributed by atoms with E-state index in [0.29, 0.717) is 45.6 Å². The van der Waals surface area contributed by atoms with Crippen LogP contribution < -0.4 is 21.1 Å². The summed E-state index contributed by atoms with van der Waals surface area (Å²) in [6.45, 7) is 0. The number of amides is 3. The van der Waals surface area contributed by atoms with Crippen LogP contribution >= 0.6 is 0 Å². The molecule has 3 aromatic carbocycles. The van der Waals surface area contributed by atoms with Crippen LogP contribution in [-0.4, -0.2) is 24.0 Å². The van der Waals surface area contributed by atoms with E-state index in [1.807, 2.05) is 0 Å². The number of primary amides is 1. The Morgan fingerprint density at radius 3 is 2.31 bits per heavy atom. The van der Waals surface area contributed by atoms with Crippen molar-refractivity contribution < 1.29 is 31.9 Å². The molecular formula is C24H18F4N4O3. The van der Waals surface area contributed by atoms with Crippen molar-refractivity contribution in [1.29, 1.82) is 0 Å². The summed E-state index contributed by atoms with van der Waals surface area (Å²) >= 11 is 0. The van der Waals surface area contributed by atoms with E-state index in [0.717, 1.165) is 6.07 Å². The number of aromatic amines is 1. The number of benzene rings is 3. The lowest BCUT2D eigenvalue weighted by molar-refractivity contribution is -0.137. The quantitative estimate of drug-likeness (QED) is 0.270. The zero-order valence-corrected chi connectivity index (χ0v) is 18.1. The van der Waals surface area contributed by atoms with Crippen LogP contribution in [0.3, 0.4) is 0 Å². The number of aromatic nitrogens is 1. The summed E-state index contributed by atoms with van der Waals surface area (Å²) in [5, 5.41) is 5.29. The number of rotatable bonds is 5. The molecule has 0 atom stereocenters. The van der Waals surface area contributed by atoms with Gasteiger partial charge in [-0.15, -0.1) is 0 Å². The Bertz CT molecular complexity index is 1430. The molecule has 0 unspecified atom stereocenters. The molecule has 4 aromatic rings. The SMILES string of the molecule is COc1cccc2[nH]c(C(N)=O)c(-c3ccc(NC(=O)Nc4ccc(C(F)(F)F)cc4F)cc3)c12. The van der Waals surface area contributed by atoms with Crippen LogP contribution in [0.1, 0.15) is 16.1 Å². The number of hydrogen-bond acceptors (Lipinski definition) is 3. The third kappa shape index (κ3) is 4.74. The van der Waals surface area contributed by atoms with Crippen molar-refractivity contribution in [3.63, 3.8) is 0 Å². The summed E-state index contributed by atoms with van der Waals surface area (Å²) in [6, 6.07) is 12.6. The summed E-state index contributed by atoms with van der Waals surface area (Å²) < 4.78 is 57.5. The zero-order valence-electron chi connectivity index (χ0n) is 18.1. The monoisotopic (exact) mass is 486 g/mol. The fourth-order valence-corrected chi connectivity index (χ4v) is 3.66. The largest absolute Gasteiger partial charge is 0.496 e. The second-order valence-electron chi connectivity index (χ2n) is 7.47. The van der Waals surface area contributed by atoms with E-state index in [2.05, 4.69) is 15.6 Å². The van der Waals surface area contributed by atoms with Gasteiger partial charge in [0.1, 0.15) is 17.3 Å². The van der Waals surface area contributed by atoms with Crippen LogP contribution in [0.2, 0.25) is 0 Å². The highest BCUT2D eigenvalue weighted by Gasteiger charge is 2.31. The highest BCUT2D eigenvalue weighted by Crippen LogP contribution is 2.38. The van der Waals surface area contributed by atoms with Crippen LogP contribution in [0.15, 0.2) is 60.7 Å². The predicted octanol–water partition coefficient (Wildman–Crippen LogP) is 5.74. The number of anilines is 2. The summed E-state index contributed by atoms with van der Waals surface area (Å²) in [6.07, 6.45) is -4.70. The average Bonchev–Trinajstić information content (AvgIpc) is 3.20. The summed E-state index contributed by atoms with van der Waals surface area (Å²) in [5.74, 6) is -1.36. The van der Waals surface area contributed by atoms with Crippen molar-refractivity contribution >= 4 is 34.2 Å². The molecule has 0 aliphatic carbocycles. The van der Waals surface area contributed by atoms with Crippen LogP contribution in [-0.2, 0) is 6.18 Å². The number of alkyl halides is 3. The molecule has 7 nitrogen and oxygen atoms in total. The van der Waals surface area contributed by atoms with Gasteiger partial charge in [0, 0.05) is 11.3 Å². The van der Waals surface area contributed by atoms with Gasteiger partial charge in [-0.1, -0.05) is 18.2 Å². The van der Waals surface area contributed by atoms with Gasteiger partial charge in [-0.2, -0.15) is 13.2 Å². The minimum Gasteiger partial charge on any atom is -0.496 e. The number of ether oxygens (including phenoxy) is 1. The molecular weight excluding hydrogens is 468 g/mol. The minimum absolute atomic E-state index is 0.181. The lowest BCUT2D eigenvalue weighted by atomic mass is 10.0. The first-order valence-corrected chi connectivity index (χ1v) is 10.1. The highest BCUT2D eigenvalue weighted by molar-refractivity contribution is 6.11. The van der Waals surface area contributed by atoms with Gasteiger partial charge in [0.15, 0.2) is 0 Å². The number of urea groups is 1. The summed E-state index contributed by atoms with van der Waals surface area (Å²) in [7, 11) is 1.50. The molecule has 5 N–H and O–H groups in total. The third-order valence-electron chi connectivity index (χ3n) is 5.23. The third-order valence-corrected chi connectivity index (χ3v) is 5.23. The molecule has 1 aromatic heterocycles. The Balaban J connectivity index is 1.57. The van der Waals surface area contributed by atoms with E-state index in [1.165, 1.54) is 19.2 Å². The molecule has 0 saturated carbocycles. The first-order valence-electron chi connectivity index (χ1n) is 10.1. The highest BCUT2D eigenvalue weighted by atomic mass is 19.4. The number of halogens is 4. The fraction of sp³-hybridized carbons (Fsp3) is 0.0833. The van der Waals surface area contributed by atoms with E-state index >= 15 is 0 Å². The lowest BCUT2D eigenvalue weighted by Gasteiger charge is -2.12. The second kappa shape index (κ2) is 9.01. The Morgan fingerprint density at radius 2 is 1.71 bits per heavy atom. The topological polar surface area (TPSA) is 109 Å². The molecule has 35 heavy (non-hydrogen) atoms. The number of methoxy groups -OCH3 is 1. The molecule has 4 rings (SSSR count). The molecule has 0 aliphatic heterocycles. The first-order chi connectivity index (χ1) is 16.6. The van der Waals surface area contributed by atoms with Crippen LogP contribution in [0.25, 0.3) is 22.0 Å². The van der Waals surface area contributed by atoms with Crippen molar-refractivity contribution in [2.24, 2.45) is 5.73 Å². The number of nitrogens with one attached hydrogen (secondary N) is 3. The maximum Gasteiger partial charge on any atom is 0.416 e. The van der Waals surface area contributed by atoms with E-state index in [9.17, 15) is 27.2 Å². The number of fused-ring (bicyclic) bond motifs is 1. The van der Waals surface area contributed by atoms with Gasteiger partial charge < -0.3 is 26.1 Å². The molecule has 11 heteroatoms. The van der Waals surface area contributed by atoms with Gasteiger partial charge in [-0.05, 0) is 48.0 Å². The number of carbonyl (C=O) groups is 2. The van der Waals surface area contributed by atoms with E-state index in [4.69, 9.17) is 10.5 Å². The first kappa shape index (κ1) is 23.6. The fourth-order valence-electron chi connectivity index (χ4n) is 3.66. The van der Waals surface area contributed by atoms with Crippen molar-refractivity contribution in [1.82, 2.24) is 4.98 Å². The van der Waals surface area contributed by atoms with E-state index < -0.39 is 35.2 Å².